The number of carboxylic acids is 1. The van der Waals surface area contributed by atoms with Gasteiger partial charge in [-0.05, 0) is 25.1 Å². The Bertz CT molecular complexity index is 888. The van der Waals surface area contributed by atoms with E-state index in [1.807, 2.05) is 0 Å². The molecule has 9 nitrogen and oxygen atoms in total. The molecule has 1 amide bonds. The van der Waals surface area contributed by atoms with Gasteiger partial charge in [-0.25, -0.2) is 13.2 Å². The highest BCUT2D eigenvalue weighted by molar-refractivity contribution is 7.90. The maximum atomic E-state index is 11.9. The number of benzene rings is 1. The maximum Gasteiger partial charge on any atom is 0.335 e. The largest absolute Gasteiger partial charge is 0.478 e. The third-order valence-electron chi connectivity index (χ3n) is 3.00. The van der Waals surface area contributed by atoms with E-state index in [9.17, 15) is 18.0 Å². The summed E-state index contributed by atoms with van der Waals surface area (Å²) < 4.78 is 28.1. The predicted molar refractivity (Wildman–Crippen MR) is 82.5 cm³/mol. The highest BCUT2D eigenvalue weighted by Gasteiger charge is 2.15. The molecule has 1 aromatic carbocycles. The number of carboxylic acid groups (broad SMARTS) is 1. The third kappa shape index (κ3) is 4.62. The molecular formula is C14H15N3O6S. The zero-order valence-corrected chi connectivity index (χ0v) is 13.8. The number of carbonyl (C=O) groups is 2. The SMILES string of the molecule is Cc1noc(CCC(=O)Nc2cc(C(=O)O)cc(S(C)(=O)=O)c2)n1. The number of aromatic nitrogens is 2. The summed E-state index contributed by atoms with van der Waals surface area (Å²) in [6.07, 6.45) is 1.19. The molecule has 0 bridgehead atoms. The van der Waals surface area contributed by atoms with Gasteiger partial charge in [0, 0.05) is 24.8 Å². The summed E-state index contributed by atoms with van der Waals surface area (Å²) in [5.74, 6) is -0.971. The van der Waals surface area contributed by atoms with Crippen molar-refractivity contribution >= 4 is 27.4 Å². The minimum absolute atomic E-state index is 0.0210. The average Bonchev–Trinajstić information content (AvgIpc) is 2.89. The fourth-order valence-corrected chi connectivity index (χ4v) is 2.58. The second kappa shape index (κ2) is 6.79. The maximum absolute atomic E-state index is 11.9. The van der Waals surface area contributed by atoms with Crippen molar-refractivity contribution in [3.05, 3.63) is 35.5 Å². The van der Waals surface area contributed by atoms with E-state index in [0.717, 1.165) is 12.3 Å². The van der Waals surface area contributed by atoms with Gasteiger partial charge in [0.25, 0.3) is 0 Å². The molecule has 0 radical (unpaired) electrons. The van der Waals surface area contributed by atoms with Crippen LogP contribution in [0.5, 0.6) is 0 Å². The lowest BCUT2D eigenvalue weighted by Gasteiger charge is -2.08. The minimum atomic E-state index is -3.62. The molecule has 0 spiro atoms. The van der Waals surface area contributed by atoms with Gasteiger partial charge in [0.05, 0.1) is 10.5 Å². The zero-order chi connectivity index (χ0) is 17.9. The summed E-state index contributed by atoms with van der Waals surface area (Å²) in [5, 5.41) is 15.1. The molecule has 0 unspecified atom stereocenters. The smallest absolute Gasteiger partial charge is 0.335 e. The van der Waals surface area contributed by atoms with Crippen LogP contribution in [0, 0.1) is 6.92 Å². The van der Waals surface area contributed by atoms with E-state index in [0.29, 0.717) is 11.7 Å². The Kier molecular flexibility index (Phi) is 4.98. The fourth-order valence-electron chi connectivity index (χ4n) is 1.89. The van der Waals surface area contributed by atoms with Crippen LogP contribution < -0.4 is 5.32 Å². The Hall–Kier alpha value is -2.75. The minimum Gasteiger partial charge on any atom is -0.478 e. The molecule has 0 fully saturated rings. The molecule has 24 heavy (non-hydrogen) atoms. The summed E-state index contributed by atoms with van der Waals surface area (Å²) in [7, 11) is -3.62. The zero-order valence-electron chi connectivity index (χ0n) is 12.9. The van der Waals surface area contributed by atoms with Gasteiger partial charge in [-0.2, -0.15) is 4.98 Å². The Morgan fingerprint density at radius 2 is 2.00 bits per heavy atom. The van der Waals surface area contributed by atoms with Crippen molar-refractivity contribution in [2.45, 2.75) is 24.7 Å². The number of nitrogens with one attached hydrogen (secondary N) is 1. The first kappa shape index (κ1) is 17.6. The normalized spacial score (nSPS) is 11.2. The van der Waals surface area contributed by atoms with Gasteiger partial charge in [0.1, 0.15) is 0 Å². The lowest BCUT2D eigenvalue weighted by molar-refractivity contribution is -0.116. The molecule has 0 aliphatic rings. The van der Waals surface area contributed by atoms with Crippen LogP contribution in [-0.4, -0.2) is 41.8 Å². The Morgan fingerprint density at radius 3 is 2.54 bits per heavy atom. The van der Waals surface area contributed by atoms with Crippen LogP contribution in [0.1, 0.15) is 28.5 Å². The number of amides is 1. The topological polar surface area (TPSA) is 139 Å². The van der Waals surface area contributed by atoms with Crippen LogP contribution in [0.2, 0.25) is 0 Å². The lowest BCUT2D eigenvalue weighted by Crippen LogP contribution is -2.14. The number of aryl methyl sites for hydroxylation is 2. The predicted octanol–water partition coefficient (Wildman–Crippen LogP) is 1.05. The second-order valence-electron chi connectivity index (χ2n) is 5.11. The molecule has 0 saturated heterocycles. The van der Waals surface area contributed by atoms with Gasteiger partial charge in [0.2, 0.25) is 11.8 Å². The average molecular weight is 353 g/mol. The number of aromatic carboxylic acids is 1. The van der Waals surface area contributed by atoms with E-state index in [2.05, 4.69) is 15.5 Å². The first-order chi connectivity index (χ1) is 11.1. The highest BCUT2D eigenvalue weighted by atomic mass is 32.2. The number of hydrogen-bond donors (Lipinski definition) is 2. The molecule has 2 rings (SSSR count). The van der Waals surface area contributed by atoms with E-state index in [-0.39, 0.29) is 29.0 Å². The summed E-state index contributed by atoms with van der Waals surface area (Å²) >= 11 is 0. The third-order valence-corrected chi connectivity index (χ3v) is 4.09. The van der Waals surface area contributed by atoms with Crippen LogP contribution in [-0.2, 0) is 21.1 Å². The number of hydrogen-bond acceptors (Lipinski definition) is 7. The van der Waals surface area contributed by atoms with Gasteiger partial charge < -0.3 is 14.9 Å². The fraction of sp³-hybridized carbons (Fsp3) is 0.286. The van der Waals surface area contributed by atoms with Crippen molar-refractivity contribution in [1.82, 2.24) is 10.1 Å². The molecule has 10 heteroatoms. The van der Waals surface area contributed by atoms with E-state index < -0.39 is 21.7 Å². The lowest BCUT2D eigenvalue weighted by atomic mass is 10.2. The summed E-state index contributed by atoms with van der Waals surface area (Å²) in [6, 6.07) is 3.43. The highest BCUT2D eigenvalue weighted by Crippen LogP contribution is 2.19. The van der Waals surface area contributed by atoms with Gasteiger partial charge in [-0.3, -0.25) is 4.79 Å². The van der Waals surface area contributed by atoms with Gasteiger partial charge in [-0.1, -0.05) is 5.16 Å². The Morgan fingerprint density at radius 1 is 1.29 bits per heavy atom. The molecule has 0 aliphatic heterocycles. The molecule has 2 aromatic rings. The van der Waals surface area contributed by atoms with E-state index in [1.54, 1.807) is 6.92 Å². The summed E-state index contributed by atoms with van der Waals surface area (Å²) in [5.41, 5.74) is -0.150. The van der Waals surface area contributed by atoms with Crippen molar-refractivity contribution in [3.63, 3.8) is 0 Å². The van der Waals surface area contributed by atoms with Crippen molar-refractivity contribution in [1.29, 1.82) is 0 Å². The van der Waals surface area contributed by atoms with Crippen LogP contribution in [0.25, 0.3) is 0 Å². The first-order valence-corrected chi connectivity index (χ1v) is 8.72. The summed E-state index contributed by atoms with van der Waals surface area (Å²) in [6.45, 7) is 1.65. The van der Waals surface area contributed by atoms with Crippen molar-refractivity contribution in [2.75, 3.05) is 11.6 Å². The number of sulfone groups is 1. The molecule has 0 aliphatic carbocycles. The van der Waals surface area contributed by atoms with Gasteiger partial charge in [-0.15, -0.1) is 0 Å². The van der Waals surface area contributed by atoms with Crippen molar-refractivity contribution in [3.8, 4) is 0 Å². The van der Waals surface area contributed by atoms with Crippen molar-refractivity contribution < 1.29 is 27.6 Å². The molecular weight excluding hydrogens is 338 g/mol. The molecule has 1 aromatic heterocycles. The number of carbonyl (C=O) groups excluding carboxylic acids is 1. The number of anilines is 1. The molecule has 2 N–H and O–H groups in total. The quantitative estimate of drug-likeness (QED) is 0.785. The molecule has 1 heterocycles. The number of nitrogens with zero attached hydrogens (tertiary/aromatic N) is 2. The second-order valence-corrected chi connectivity index (χ2v) is 7.12. The molecule has 128 valence electrons. The van der Waals surface area contributed by atoms with E-state index in [1.165, 1.54) is 12.1 Å². The van der Waals surface area contributed by atoms with E-state index in [4.69, 9.17) is 9.63 Å². The van der Waals surface area contributed by atoms with E-state index >= 15 is 0 Å². The Labute approximate surface area is 137 Å². The van der Waals surface area contributed by atoms with Gasteiger partial charge >= 0.3 is 5.97 Å². The summed E-state index contributed by atoms with van der Waals surface area (Å²) in [4.78, 5) is 26.8. The van der Waals surface area contributed by atoms with Crippen LogP contribution in [0.3, 0.4) is 0 Å². The van der Waals surface area contributed by atoms with Crippen LogP contribution in [0.4, 0.5) is 5.69 Å². The standard InChI is InChI=1S/C14H15N3O6S/c1-8-15-13(23-17-8)4-3-12(18)16-10-5-9(14(19)20)6-11(7-10)24(2,21)22/h5-7H,3-4H2,1-2H3,(H,16,18)(H,19,20). The van der Waals surface area contributed by atoms with Crippen LogP contribution >= 0.6 is 0 Å². The number of rotatable bonds is 6. The molecule has 0 saturated carbocycles. The van der Waals surface area contributed by atoms with Gasteiger partial charge in [0.15, 0.2) is 15.7 Å². The van der Waals surface area contributed by atoms with Crippen LogP contribution in [0.15, 0.2) is 27.6 Å². The van der Waals surface area contributed by atoms with Crippen molar-refractivity contribution in [2.24, 2.45) is 0 Å². The Balaban J connectivity index is 2.14. The monoisotopic (exact) mass is 353 g/mol. The molecule has 0 atom stereocenters. The first-order valence-electron chi connectivity index (χ1n) is 6.82.